The van der Waals surface area contributed by atoms with Crippen molar-refractivity contribution < 1.29 is 10.0 Å². The highest BCUT2D eigenvalue weighted by atomic mass is 16.4. The van der Waals surface area contributed by atoms with Crippen LogP contribution < -0.4 is 10.4 Å². The van der Waals surface area contributed by atoms with Gasteiger partial charge < -0.3 is 14.9 Å². The summed E-state index contributed by atoms with van der Waals surface area (Å²) >= 11 is 0. The van der Waals surface area contributed by atoms with Crippen molar-refractivity contribution in [2.24, 2.45) is 0 Å². The molecule has 2 rings (SSSR count). The van der Waals surface area contributed by atoms with Gasteiger partial charge in [-0.25, -0.2) is 4.98 Å². The van der Waals surface area contributed by atoms with E-state index >= 15 is 0 Å². The summed E-state index contributed by atoms with van der Waals surface area (Å²) in [7, 11) is -1.42. The molecule has 5 heteroatoms. The Morgan fingerprint density at radius 3 is 2.57 bits per heavy atom. The van der Waals surface area contributed by atoms with E-state index in [9.17, 15) is 0 Å². The zero-order valence-corrected chi connectivity index (χ0v) is 8.14. The second-order valence-corrected chi connectivity index (χ2v) is 3.61. The van der Waals surface area contributed by atoms with E-state index in [2.05, 4.69) is 9.88 Å². The summed E-state index contributed by atoms with van der Waals surface area (Å²) in [6, 6.07) is 1.90. The van der Waals surface area contributed by atoms with Gasteiger partial charge in [0.1, 0.15) is 5.82 Å². The molecule has 1 aromatic heterocycles. The van der Waals surface area contributed by atoms with Crippen molar-refractivity contribution in [2.75, 3.05) is 18.0 Å². The van der Waals surface area contributed by atoms with Gasteiger partial charge in [0.15, 0.2) is 0 Å². The lowest BCUT2D eigenvalue weighted by Crippen LogP contribution is -2.39. The molecule has 0 aliphatic carbocycles. The van der Waals surface area contributed by atoms with Crippen LogP contribution in [-0.2, 0) is 0 Å². The second-order valence-electron chi connectivity index (χ2n) is 3.61. The molecular weight excluding hydrogens is 179 g/mol. The minimum atomic E-state index is -1.42. The predicted octanol–water partition coefficient (Wildman–Crippen LogP) is -0.720. The number of anilines is 1. The van der Waals surface area contributed by atoms with Gasteiger partial charge in [-0.05, 0) is 25.0 Å². The predicted molar refractivity (Wildman–Crippen MR) is 55.6 cm³/mol. The first kappa shape index (κ1) is 9.49. The number of pyridine rings is 1. The number of hydrogen-bond donors (Lipinski definition) is 2. The van der Waals surface area contributed by atoms with Gasteiger partial charge in [0, 0.05) is 24.7 Å². The third kappa shape index (κ3) is 1.60. The van der Waals surface area contributed by atoms with Gasteiger partial charge in [-0.15, -0.1) is 0 Å². The maximum atomic E-state index is 9.01. The molecule has 0 bridgehead atoms. The van der Waals surface area contributed by atoms with Crippen LogP contribution in [0, 0.1) is 6.92 Å². The Bertz CT molecular complexity index is 340. The van der Waals surface area contributed by atoms with Crippen molar-refractivity contribution in [3.05, 3.63) is 17.8 Å². The molecule has 1 aliphatic rings. The average Bonchev–Trinajstić information content (AvgIpc) is 2.00. The molecule has 1 aromatic rings. The van der Waals surface area contributed by atoms with Gasteiger partial charge in [-0.3, -0.25) is 0 Å². The monoisotopic (exact) mass is 192 g/mol. The highest BCUT2D eigenvalue weighted by Gasteiger charge is 2.19. The largest absolute Gasteiger partial charge is 0.490 e. The Hall–Kier alpha value is -1.07. The maximum Gasteiger partial charge on any atom is 0.490 e. The van der Waals surface area contributed by atoms with Gasteiger partial charge in [-0.2, -0.15) is 0 Å². The topological polar surface area (TPSA) is 56.6 Å². The summed E-state index contributed by atoms with van der Waals surface area (Å²) in [6.07, 6.45) is 2.75. The number of aromatic nitrogens is 1. The number of rotatable bonds is 2. The summed E-state index contributed by atoms with van der Waals surface area (Å²) in [4.78, 5) is 6.36. The smallest absolute Gasteiger partial charge is 0.423 e. The van der Waals surface area contributed by atoms with Crippen LogP contribution in [0.2, 0.25) is 0 Å². The molecule has 0 spiro atoms. The van der Waals surface area contributed by atoms with Gasteiger partial charge >= 0.3 is 7.12 Å². The van der Waals surface area contributed by atoms with E-state index in [1.165, 1.54) is 12.6 Å². The van der Waals surface area contributed by atoms with E-state index in [1.54, 1.807) is 0 Å². The van der Waals surface area contributed by atoms with Crippen molar-refractivity contribution in [2.45, 2.75) is 13.3 Å². The maximum absolute atomic E-state index is 9.01. The van der Waals surface area contributed by atoms with E-state index in [0.717, 1.165) is 24.5 Å². The number of aryl methyl sites for hydroxylation is 1. The normalized spacial score (nSPS) is 15.2. The Labute approximate surface area is 83.3 Å². The molecule has 0 atom stereocenters. The molecule has 4 nitrogen and oxygen atoms in total. The molecule has 0 radical (unpaired) electrons. The molecule has 2 N–H and O–H groups in total. The van der Waals surface area contributed by atoms with E-state index in [4.69, 9.17) is 10.0 Å². The van der Waals surface area contributed by atoms with Crippen LogP contribution in [-0.4, -0.2) is 35.2 Å². The average molecular weight is 192 g/mol. The third-order valence-electron chi connectivity index (χ3n) is 2.60. The molecule has 14 heavy (non-hydrogen) atoms. The molecule has 2 heterocycles. The van der Waals surface area contributed by atoms with Crippen molar-refractivity contribution in [1.29, 1.82) is 0 Å². The quantitative estimate of drug-likeness (QED) is 0.607. The molecule has 74 valence electrons. The molecule has 1 saturated heterocycles. The lowest BCUT2D eigenvalue weighted by atomic mass is 9.78. The van der Waals surface area contributed by atoms with E-state index < -0.39 is 7.12 Å². The van der Waals surface area contributed by atoms with E-state index in [0.29, 0.717) is 5.46 Å². The minimum Gasteiger partial charge on any atom is -0.423 e. The Kier molecular flexibility index (Phi) is 2.43. The molecule has 1 aliphatic heterocycles. The Balaban J connectivity index is 2.25. The van der Waals surface area contributed by atoms with Crippen molar-refractivity contribution in [3.8, 4) is 0 Å². The summed E-state index contributed by atoms with van der Waals surface area (Å²) in [6.45, 7) is 3.96. The highest BCUT2D eigenvalue weighted by Crippen LogP contribution is 2.17. The minimum absolute atomic E-state index is 0.481. The van der Waals surface area contributed by atoms with Crippen LogP contribution in [0.5, 0.6) is 0 Å². The second kappa shape index (κ2) is 3.59. The highest BCUT2D eigenvalue weighted by molar-refractivity contribution is 6.59. The van der Waals surface area contributed by atoms with E-state index in [-0.39, 0.29) is 0 Å². The molecule has 0 amide bonds. The SMILES string of the molecule is Cc1cc(N2CCC2)ncc1B(O)O. The zero-order valence-electron chi connectivity index (χ0n) is 8.14. The fourth-order valence-corrected chi connectivity index (χ4v) is 1.54. The Morgan fingerprint density at radius 1 is 1.43 bits per heavy atom. The first-order valence-electron chi connectivity index (χ1n) is 4.76. The van der Waals surface area contributed by atoms with Gasteiger partial charge in [0.25, 0.3) is 0 Å². The summed E-state index contributed by atoms with van der Waals surface area (Å²) in [5, 5.41) is 18.0. The van der Waals surface area contributed by atoms with Crippen molar-refractivity contribution >= 4 is 18.4 Å². The van der Waals surface area contributed by atoms with E-state index in [1.807, 2.05) is 13.0 Å². The lowest BCUT2D eigenvalue weighted by molar-refractivity contribution is 0.425. The molecular formula is C9H13BN2O2. The van der Waals surface area contributed by atoms with Gasteiger partial charge in [0.05, 0.1) is 0 Å². The standard InChI is InChI=1S/C9H13BN2O2/c1-7-5-9(12-3-2-4-12)11-6-8(7)10(13)14/h5-6,13-14H,2-4H2,1H3. The fraction of sp³-hybridized carbons (Fsp3) is 0.444. The number of nitrogens with zero attached hydrogens (tertiary/aromatic N) is 2. The molecule has 0 aromatic carbocycles. The number of hydrogen-bond acceptors (Lipinski definition) is 4. The Morgan fingerprint density at radius 2 is 2.14 bits per heavy atom. The van der Waals surface area contributed by atoms with Crippen LogP contribution in [0.25, 0.3) is 0 Å². The van der Waals surface area contributed by atoms with Crippen molar-refractivity contribution in [3.63, 3.8) is 0 Å². The lowest BCUT2D eigenvalue weighted by Gasteiger charge is -2.32. The summed E-state index contributed by atoms with van der Waals surface area (Å²) in [5.74, 6) is 0.929. The van der Waals surface area contributed by atoms with Crippen LogP contribution in [0.4, 0.5) is 5.82 Å². The fourth-order valence-electron chi connectivity index (χ4n) is 1.54. The molecule has 0 saturated carbocycles. The van der Waals surface area contributed by atoms with Crippen LogP contribution >= 0.6 is 0 Å². The van der Waals surface area contributed by atoms with Crippen LogP contribution in [0.15, 0.2) is 12.3 Å². The summed E-state index contributed by atoms with van der Waals surface area (Å²) in [5.41, 5.74) is 1.35. The summed E-state index contributed by atoms with van der Waals surface area (Å²) < 4.78 is 0. The van der Waals surface area contributed by atoms with Gasteiger partial charge in [-0.1, -0.05) is 0 Å². The molecule has 1 fully saturated rings. The van der Waals surface area contributed by atoms with Crippen LogP contribution in [0.3, 0.4) is 0 Å². The first-order valence-corrected chi connectivity index (χ1v) is 4.76. The molecule has 0 unspecified atom stereocenters. The first-order chi connectivity index (χ1) is 6.68. The third-order valence-corrected chi connectivity index (χ3v) is 2.60. The van der Waals surface area contributed by atoms with Gasteiger partial charge in [0.2, 0.25) is 0 Å². The van der Waals surface area contributed by atoms with Crippen LogP contribution in [0.1, 0.15) is 12.0 Å². The van der Waals surface area contributed by atoms with Crippen molar-refractivity contribution in [1.82, 2.24) is 4.98 Å². The zero-order chi connectivity index (χ0) is 10.1.